The van der Waals surface area contributed by atoms with Crippen LogP contribution in [0.2, 0.25) is 0 Å². The molecular weight excluding hydrogens is 168 g/mol. The van der Waals surface area contributed by atoms with E-state index in [1.54, 1.807) is 0 Å². The van der Waals surface area contributed by atoms with E-state index in [2.05, 4.69) is 52.0 Å². The molecule has 0 amide bonds. The minimum atomic E-state index is 1.21. The highest BCUT2D eigenvalue weighted by atomic mass is 14.2. The van der Waals surface area contributed by atoms with E-state index in [0.717, 1.165) is 0 Å². The standard InChI is InChI=1S/C14H20/c1-5-6-8-11(2)14-12(3)9-7-10-13(14)4/h5-6,8-9H,7,10H2,1-4H3/b6-5+,11-8-. The minimum absolute atomic E-state index is 1.21. The zero-order valence-corrected chi connectivity index (χ0v) is 9.72. The first-order valence-corrected chi connectivity index (χ1v) is 5.33. The molecule has 0 aromatic heterocycles. The molecule has 1 aliphatic rings. The second-order valence-electron chi connectivity index (χ2n) is 3.96. The molecule has 0 spiro atoms. The Labute approximate surface area is 87.7 Å². The summed E-state index contributed by atoms with van der Waals surface area (Å²) >= 11 is 0. The van der Waals surface area contributed by atoms with Crippen molar-refractivity contribution in [2.24, 2.45) is 0 Å². The van der Waals surface area contributed by atoms with Gasteiger partial charge in [-0.05, 0) is 57.3 Å². The lowest BCUT2D eigenvalue weighted by Crippen LogP contribution is -1.98. The second kappa shape index (κ2) is 4.99. The largest absolute Gasteiger partial charge is 0.0877 e. The lowest BCUT2D eigenvalue weighted by molar-refractivity contribution is 0.921. The zero-order valence-electron chi connectivity index (χ0n) is 9.72. The van der Waals surface area contributed by atoms with Gasteiger partial charge in [0, 0.05) is 0 Å². The van der Waals surface area contributed by atoms with E-state index in [1.807, 2.05) is 0 Å². The van der Waals surface area contributed by atoms with Gasteiger partial charge in [-0.2, -0.15) is 0 Å². The molecular formula is C14H20. The highest BCUT2D eigenvalue weighted by Crippen LogP contribution is 2.29. The molecule has 0 aromatic rings. The fourth-order valence-electron chi connectivity index (χ4n) is 2.04. The van der Waals surface area contributed by atoms with Crippen LogP contribution in [-0.4, -0.2) is 0 Å². The predicted molar refractivity (Wildman–Crippen MR) is 64.3 cm³/mol. The van der Waals surface area contributed by atoms with Gasteiger partial charge in [-0.3, -0.25) is 0 Å². The van der Waals surface area contributed by atoms with Gasteiger partial charge in [-0.25, -0.2) is 0 Å². The fourth-order valence-corrected chi connectivity index (χ4v) is 2.04. The molecule has 0 aromatic carbocycles. The summed E-state index contributed by atoms with van der Waals surface area (Å²) in [6, 6.07) is 0. The van der Waals surface area contributed by atoms with Crippen LogP contribution in [0.4, 0.5) is 0 Å². The molecule has 0 bridgehead atoms. The third kappa shape index (κ3) is 2.47. The number of hydrogen-bond donors (Lipinski definition) is 0. The Morgan fingerprint density at radius 3 is 2.64 bits per heavy atom. The van der Waals surface area contributed by atoms with Crippen LogP contribution in [0.5, 0.6) is 0 Å². The van der Waals surface area contributed by atoms with Crippen LogP contribution < -0.4 is 0 Å². The normalized spacial score (nSPS) is 19.1. The summed E-state index contributed by atoms with van der Waals surface area (Å²) < 4.78 is 0. The van der Waals surface area contributed by atoms with Gasteiger partial charge in [0.15, 0.2) is 0 Å². The van der Waals surface area contributed by atoms with Gasteiger partial charge in [0.25, 0.3) is 0 Å². The van der Waals surface area contributed by atoms with Crippen LogP contribution in [0.3, 0.4) is 0 Å². The van der Waals surface area contributed by atoms with Crippen LogP contribution in [0.25, 0.3) is 0 Å². The Kier molecular flexibility index (Phi) is 3.94. The van der Waals surface area contributed by atoms with Crippen molar-refractivity contribution in [3.05, 3.63) is 46.6 Å². The van der Waals surface area contributed by atoms with Gasteiger partial charge in [0.05, 0.1) is 0 Å². The Balaban J connectivity index is 3.01. The summed E-state index contributed by atoms with van der Waals surface area (Å²) in [5, 5.41) is 0. The molecule has 0 aliphatic heterocycles. The lowest BCUT2D eigenvalue weighted by Gasteiger charge is -2.18. The summed E-state index contributed by atoms with van der Waals surface area (Å²) in [5.74, 6) is 0. The molecule has 0 fully saturated rings. The van der Waals surface area contributed by atoms with E-state index in [9.17, 15) is 0 Å². The van der Waals surface area contributed by atoms with E-state index in [0.29, 0.717) is 0 Å². The van der Waals surface area contributed by atoms with Crippen molar-refractivity contribution in [3.8, 4) is 0 Å². The van der Waals surface area contributed by atoms with Crippen molar-refractivity contribution in [1.29, 1.82) is 0 Å². The summed E-state index contributed by atoms with van der Waals surface area (Å²) in [4.78, 5) is 0. The summed E-state index contributed by atoms with van der Waals surface area (Å²) in [5.41, 5.74) is 5.82. The molecule has 0 unspecified atom stereocenters. The van der Waals surface area contributed by atoms with E-state index < -0.39 is 0 Å². The average Bonchev–Trinajstić information content (AvgIpc) is 2.14. The molecule has 1 aliphatic carbocycles. The molecule has 0 saturated heterocycles. The van der Waals surface area contributed by atoms with Crippen molar-refractivity contribution >= 4 is 0 Å². The van der Waals surface area contributed by atoms with Crippen LogP contribution in [0, 0.1) is 0 Å². The molecule has 0 atom stereocenters. The third-order valence-corrected chi connectivity index (χ3v) is 2.72. The van der Waals surface area contributed by atoms with Crippen molar-refractivity contribution < 1.29 is 0 Å². The number of allylic oxidation sites excluding steroid dienone is 8. The quantitative estimate of drug-likeness (QED) is 0.557. The summed E-state index contributed by atoms with van der Waals surface area (Å²) in [6.07, 6.45) is 11.1. The maximum atomic E-state index is 2.34. The topological polar surface area (TPSA) is 0 Å². The first kappa shape index (κ1) is 11.0. The molecule has 0 saturated carbocycles. The van der Waals surface area contributed by atoms with Crippen molar-refractivity contribution in [2.75, 3.05) is 0 Å². The first-order chi connectivity index (χ1) is 6.66. The zero-order chi connectivity index (χ0) is 10.6. The van der Waals surface area contributed by atoms with E-state index in [-0.39, 0.29) is 0 Å². The Morgan fingerprint density at radius 2 is 2.07 bits per heavy atom. The molecule has 0 radical (unpaired) electrons. The molecule has 76 valence electrons. The SMILES string of the molecule is C/C=C/C=C(/C)C1=C(C)CCC=C1C. The third-order valence-electron chi connectivity index (χ3n) is 2.72. The van der Waals surface area contributed by atoms with Gasteiger partial charge in [0.2, 0.25) is 0 Å². The first-order valence-electron chi connectivity index (χ1n) is 5.33. The molecule has 14 heavy (non-hydrogen) atoms. The molecule has 0 N–H and O–H groups in total. The Bertz CT molecular complexity index is 322. The van der Waals surface area contributed by atoms with Crippen molar-refractivity contribution in [3.63, 3.8) is 0 Å². The maximum absolute atomic E-state index is 2.34. The maximum Gasteiger partial charge on any atom is -0.0212 e. The van der Waals surface area contributed by atoms with Gasteiger partial charge in [-0.1, -0.05) is 29.9 Å². The Hall–Kier alpha value is -1.04. The highest BCUT2D eigenvalue weighted by Gasteiger charge is 2.10. The van der Waals surface area contributed by atoms with Crippen molar-refractivity contribution in [1.82, 2.24) is 0 Å². The molecule has 0 heterocycles. The van der Waals surface area contributed by atoms with E-state index in [1.165, 1.54) is 35.1 Å². The van der Waals surface area contributed by atoms with Gasteiger partial charge in [-0.15, -0.1) is 0 Å². The smallest absolute Gasteiger partial charge is 0.0212 e. The minimum Gasteiger partial charge on any atom is -0.0877 e. The van der Waals surface area contributed by atoms with Gasteiger partial charge >= 0.3 is 0 Å². The summed E-state index contributed by atoms with van der Waals surface area (Å²) in [6.45, 7) is 8.71. The van der Waals surface area contributed by atoms with E-state index in [4.69, 9.17) is 0 Å². The predicted octanol–water partition coefficient (Wildman–Crippen LogP) is 4.57. The van der Waals surface area contributed by atoms with Crippen LogP contribution in [0.1, 0.15) is 40.5 Å². The monoisotopic (exact) mass is 188 g/mol. The average molecular weight is 188 g/mol. The van der Waals surface area contributed by atoms with Gasteiger partial charge in [0.1, 0.15) is 0 Å². The number of hydrogen-bond acceptors (Lipinski definition) is 0. The lowest BCUT2D eigenvalue weighted by atomic mass is 9.88. The van der Waals surface area contributed by atoms with Crippen LogP contribution in [-0.2, 0) is 0 Å². The highest BCUT2D eigenvalue weighted by molar-refractivity contribution is 5.50. The molecule has 0 heteroatoms. The van der Waals surface area contributed by atoms with Crippen LogP contribution >= 0.6 is 0 Å². The summed E-state index contributed by atoms with van der Waals surface area (Å²) in [7, 11) is 0. The molecule has 1 rings (SSSR count). The van der Waals surface area contributed by atoms with E-state index >= 15 is 0 Å². The van der Waals surface area contributed by atoms with Crippen LogP contribution in [0.15, 0.2) is 46.6 Å². The van der Waals surface area contributed by atoms with Crippen molar-refractivity contribution in [2.45, 2.75) is 40.5 Å². The Morgan fingerprint density at radius 1 is 1.36 bits per heavy atom. The number of rotatable bonds is 2. The molecule has 0 nitrogen and oxygen atoms in total. The fraction of sp³-hybridized carbons (Fsp3) is 0.429. The second-order valence-corrected chi connectivity index (χ2v) is 3.96. The van der Waals surface area contributed by atoms with Gasteiger partial charge < -0.3 is 0 Å².